The van der Waals surface area contributed by atoms with Gasteiger partial charge in [0, 0.05) is 31.3 Å². The Morgan fingerprint density at radius 3 is 2.29 bits per heavy atom. The van der Waals surface area contributed by atoms with Crippen LogP contribution in [-0.2, 0) is 11.3 Å². The van der Waals surface area contributed by atoms with Crippen molar-refractivity contribution in [3.63, 3.8) is 0 Å². The minimum absolute atomic E-state index is 0.0431. The second-order valence-electron chi connectivity index (χ2n) is 10.7. The van der Waals surface area contributed by atoms with Gasteiger partial charge in [-0.1, -0.05) is 47.0 Å². The third kappa shape index (κ3) is 9.38. The molecule has 1 aromatic rings. The van der Waals surface area contributed by atoms with Crippen molar-refractivity contribution in [2.75, 3.05) is 31.1 Å². The summed E-state index contributed by atoms with van der Waals surface area (Å²) in [7, 11) is 0. The quantitative estimate of drug-likeness (QED) is 0.558. The molecule has 0 unspecified atom stereocenters. The van der Waals surface area contributed by atoms with Crippen LogP contribution in [0.1, 0.15) is 95.5 Å². The zero-order valence-electron chi connectivity index (χ0n) is 22.1. The van der Waals surface area contributed by atoms with E-state index >= 15 is 0 Å². The highest BCUT2D eigenvalue weighted by molar-refractivity contribution is 5.97. The lowest BCUT2D eigenvalue weighted by Crippen LogP contribution is -2.38. The second kappa shape index (κ2) is 14.5. The number of carbonyl (C=O) groups excluding carboxylic acids is 2. The molecule has 1 aliphatic heterocycles. The summed E-state index contributed by atoms with van der Waals surface area (Å²) >= 11 is 0. The van der Waals surface area contributed by atoms with Crippen molar-refractivity contribution >= 4 is 17.5 Å². The Morgan fingerprint density at radius 1 is 1.00 bits per heavy atom. The third-order valence-corrected chi connectivity index (χ3v) is 6.60. The largest absolute Gasteiger partial charge is 0.394 e. The molecule has 0 aliphatic carbocycles. The summed E-state index contributed by atoms with van der Waals surface area (Å²) in [6.07, 6.45) is 7.57. The maximum atomic E-state index is 13.1. The van der Waals surface area contributed by atoms with Gasteiger partial charge in [-0.05, 0) is 74.4 Å². The maximum Gasteiger partial charge on any atom is 0.251 e. The van der Waals surface area contributed by atoms with Gasteiger partial charge in [0.2, 0.25) is 5.91 Å². The third-order valence-electron chi connectivity index (χ3n) is 6.60. The standard InChI is InChI=1S/C28H47N3O3/c1-21(2)13-16-30-14-9-7-6-8-10-15-31(23(5)33)27-12-11-24(18-25(27)19-30)28(34)29-26(20-32)17-22(3)4/h11-12,18,21-22,26,32H,6-10,13-17,19-20H2,1-5H3,(H,29,34)/t26-/m0/s1. The summed E-state index contributed by atoms with van der Waals surface area (Å²) < 4.78 is 0. The summed E-state index contributed by atoms with van der Waals surface area (Å²) in [4.78, 5) is 30.0. The average molecular weight is 474 g/mol. The number of hydrogen-bond donors (Lipinski definition) is 2. The van der Waals surface area contributed by atoms with E-state index in [0.717, 1.165) is 56.6 Å². The van der Waals surface area contributed by atoms with E-state index in [4.69, 9.17) is 0 Å². The van der Waals surface area contributed by atoms with Crippen molar-refractivity contribution < 1.29 is 14.7 Å². The number of anilines is 1. The van der Waals surface area contributed by atoms with Gasteiger partial charge in [0.1, 0.15) is 0 Å². The highest BCUT2D eigenvalue weighted by atomic mass is 16.3. The normalized spacial score (nSPS) is 17.1. The van der Waals surface area contributed by atoms with Gasteiger partial charge >= 0.3 is 0 Å². The molecule has 0 bridgehead atoms. The highest BCUT2D eigenvalue weighted by Gasteiger charge is 2.21. The fraction of sp³-hybridized carbons (Fsp3) is 0.714. The Balaban J connectivity index is 2.38. The lowest BCUT2D eigenvalue weighted by atomic mass is 10.0. The van der Waals surface area contributed by atoms with E-state index in [1.807, 2.05) is 23.1 Å². The Labute approximate surface area is 207 Å². The van der Waals surface area contributed by atoms with Gasteiger partial charge in [0.25, 0.3) is 5.91 Å². The minimum Gasteiger partial charge on any atom is -0.394 e. The molecule has 2 amide bonds. The van der Waals surface area contributed by atoms with E-state index in [9.17, 15) is 14.7 Å². The number of amides is 2. The first-order valence-corrected chi connectivity index (χ1v) is 13.3. The molecular formula is C28H47N3O3. The Morgan fingerprint density at radius 2 is 1.68 bits per heavy atom. The van der Waals surface area contributed by atoms with Crippen LogP contribution in [0.3, 0.4) is 0 Å². The van der Waals surface area contributed by atoms with Crippen molar-refractivity contribution in [3.8, 4) is 0 Å². The number of hydrogen-bond acceptors (Lipinski definition) is 4. The summed E-state index contributed by atoms with van der Waals surface area (Å²) in [6.45, 7) is 13.7. The fourth-order valence-corrected chi connectivity index (χ4v) is 4.67. The number of benzene rings is 1. The van der Waals surface area contributed by atoms with E-state index in [0.29, 0.717) is 23.9 Å². The summed E-state index contributed by atoms with van der Waals surface area (Å²) in [5.41, 5.74) is 2.53. The maximum absolute atomic E-state index is 13.1. The number of carbonyl (C=O) groups is 2. The van der Waals surface area contributed by atoms with Crippen molar-refractivity contribution in [2.45, 2.75) is 92.2 Å². The number of nitrogens with one attached hydrogen (secondary N) is 1. The van der Waals surface area contributed by atoms with Gasteiger partial charge in [-0.15, -0.1) is 0 Å². The molecule has 2 rings (SSSR count). The van der Waals surface area contributed by atoms with Crippen molar-refractivity contribution in [1.29, 1.82) is 0 Å². The molecule has 0 spiro atoms. The molecule has 1 aliphatic rings. The SMILES string of the molecule is CC(=O)N1CCCCCCCN(CCC(C)C)Cc2cc(C(=O)N[C@H](CO)CC(C)C)ccc21. The lowest BCUT2D eigenvalue weighted by Gasteiger charge is -2.29. The van der Waals surface area contributed by atoms with Crippen LogP contribution in [0.2, 0.25) is 0 Å². The average Bonchev–Trinajstić information content (AvgIpc) is 2.77. The Bertz CT molecular complexity index is 778. The van der Waals surface area contributed by atoms with Gasteiger partial charge in [0.15, 0.2) is 0 Å². The van der Waals surface area contributed by atoms with Crippen LogP contribution in [-0.4, -0.2) is 54.1 Å². The van der Waals surface area contributed by atoms with Crippen molar-refractivity contribution in [2.24, 2.45) is 11.8 Å². The molecule has 6 nitrogen and oxygen atoms in total. The number of rotatable bonds is 8. The van der Waals surface area contributed by atoms with E-state index in [1.165, 1.54) is 19.3 Å². The zero-order valence-corrected chi connectivity index (χ0v) is 22.1. The summed E-state index contributed by atoms with van der Waals surface area (Å²) in [5.74, 6) is 0.883. The number of fused-ring (bicyclic) bond motifs is 1. The van der Waals surface area contributed by atoms with E-state index in [1.54, 1.807) is 6.92 Å². The molecule has 0 radical (unpaired) electrons. The topological polar surface area (TPSA) is 72.9 Å². The van der Waals surface area contributed by atoms with E-state index in [-0.39, 0.29) is 24.5 Å². The number of aliphatic hydroxyl groups is 1. The molecule has 1 heterocycles. The number of aliphatic hydroxyl groups excluding tert-OH is 1. The minimum atomic E-state index is -0.259. The zero-order chi connectivity index (χ0) is 25.1. The highest BCUT2D eigenvalue weighted by Crippen LogP contribution is 2.26. The van der Waals surface area contributed by atoms with Gasteiger partial charge in [-0.2, -0.15) is 0 Å². The van der Waals surface area contributed by atoms with Crippen LogP contribution in [0.5, 0.6) is 0 Å². The van der Waals surface area contributed by atoms with Crippen molar-refractivity contribution in [1.82, 2.24) is 10.2 Å². The van der Waals surface area contributed by atoms with Gasteiger partial charge in [-0.3, -0.25) is 14.5 Å². The van der Waals surface area contributed by atoms with Gasteiger partial charge < -0.3 is 15.3 Å². The molecule has 6 heteroatoms. The van der Waals surface area contributed by atoms with Crippen LogP contribution < -0.4 is 10.2 Å². The second-order valence-corrected chi connectivity index (χ2v) is 10.7. The first-order valence-electron chi connectivity index (χ1n) is 13.3. The lowest BCUT2D eigenvalue weighted by molar-refractivity contribution is -0.116. The summed E-state index contributed by atoms with van der Waals surface area (Å²) in [6, 6.07) is 5.45. The molecular weight excluding hydrogens is 426 g/mol. The predicted molar refractivity (Wildman–Crippen MR) is 140 cm³/mol. The predicted octanol–water partition coefficient (Wildman–Crippen LogP) is 4.99. The van der Waals surface area contributed by atoms with Crippen LogP contribution in [0.15, 0.2) is 18.2 Å². The van der Waals surface area contributed by atoms with E-state index < -0.39 is 0 Å². The molecule has 192 valence electrons. The molecule has 0 fully saturated rings. The smallest absolute Gasteiger partial charge is 0.251 e. The van der Waals surface area contributed by atoms with Crippen LogP contribution in [0.25, 0.3) is 0 Å². The van der Waals surface area contributed by atoms with Crippen LogP contribution >= 0.6 is 0 Å². The summed E-state index contributed by atoms with van der Waals surface area (Å²) in [5, 5.41) is 12.7. The molecule has 1 aromatic carbocycles. The van der Waals surface area contributed by atoms with Gasteiger partial charge in [-0.25, -0.2) is 0 Å². The fourth-order valence-electron chi connectivity index (χ4n) is 4.67. The Hall–Kier alpha value is -1.92. The molecule has 34 heavy (non-hydrogen) atoms. The van der Waals surface area contributed by atoms with Crippen LogP contribution in [0, 0.1) is 11.8 Å². The molecule has 0 saturated heterocycles. The first kappa shape index (κ1) is 28.3. The van der Waals surface area contributed by atoms with E-state index in [2.05, 4.69) is 37.9 Å². The molecule has 0 saturated carbocycles. The first-order chi connectivity index (χ1) is 16.2. The molecule has 2 N–H and O–H groups in total. The Kier molecular flexibility index (Phi) is 12.1. The van der Waals surface area contributed by atoms with Gasteiger partial charge in [0.05, 0.1) is 12.6 Å². The number of nitrogens with zero attached hydrogens (tertiary/aromatic N) is 2. The monoisotopic (exact) mass is 473 g/mol. The van der Waals surface area contributed by atoms with Crippen molar-refractivity contribution in [3.05, 3.63) is 29.3 Å². The molecule has 1 atom stereocenters. The molecule has 0 aromatic heterocycles. The van der Waals surface area contributed by atoms with Crippen LogP contribution in [0.4, 0.5) is 5.69 Å².